The van der Waals surface area contributed by atoms with Crippen LogP contribution in [0.3, 0.4) is 0 Å². The van der Waals surface area contributed by atoms with E-state index in [2.05, 4.69) is 10.6 Å². The van der Waals surface area contributed by atoms with Crippen molar-refractivity contribution < 1.29 is 19.4 Å². The van der Waals surface area contributed by atoms with Crippen LogP contribution in [0, 0.1) is 0 Å². The molecule has 21 heavy (non-hydrogen) atoms. The first-order valence-electron chi connectivity index (χ1n) is 6.96. The van der Waals surface area contributed by atoms with E-state index in [9.17, 15) is 9.90 Å². The zero-order chi connectivity index (χ0) is 15.5. The Morgan fingerprint density at radius 1 is 1.48 bits per heavy atom. The quantitative estimate of drug-likeness (QED) is 0.759. The molecular formula is C15H22N2O4. The Kier molecular flexibility index (Phi) is 4.69. The Hall–Kier alpha value is -1.79. The SMILES string of the molecule is CC(C)(C)NCC(O)COc1ccc2c(c1)OCC(=O)N2. The number of ether oxygens (including phenoxy) is 2. The minimum atomic E-state index is -0.596. The molecular weight excluding hydrogens is 272 g/mol. The number of hydrogen-bond donors (Lipinski definition) is 3. The van der Waals surface area contributed by atoms with Gasteiger partial charge in [-0.15, -0.1) is 0 Å². The van der Waals surface area contributed by atoms with Gasteiger partial charge in [0.2, 0.25) is 0 Å². The molecule has 0 saturated carbocycles. The minimum absolute atomic E-state index is 0.00851. The number of anilines is 1. The molecule has 0 bridgehead atoms. The van der Waals surface area contributed by atoms with Gasteiger partial charge in [-0.1, -0.05) is 0 Å². The summed E-state index contributed by atoms with van der Waals surface area (Å²) in [6.45, 7) is 6.77. The van der Waals surface area contributed by atoms with Gasteiger partial charge in [0.15, 0.2) is 6.61 Å². The molecule has 0 spiro atoms. The van der Waals surface area contributed by atoms with Crippen LogP contribution >= 0.6 is 0 Å². The molecule has 3 N–H and O–H groups in total. The maximum absolute atomic E-state index is 11.2. The number of nitrogens with one attached hydrogen (secondary N) is 2. The molecule has 0 saturated heterocycles. The summed E-state index contributed by atoms with van der Waals surface area (Å²) in [6.07, 6.45) is -0.596. The third kappa shape index (κ3) is 4.91. The molecule has 1 aliphatic rings. The van der Waals surface area contributed by atoms with Crippen molar-refractivity contribution in [2.24, 2.45) is 0 Å². The first-order chi connectivity index (χ1) is 9.83. The van der Waals surface area contributed by atoms with Crippen LogP contribution in [-0.4, -0.2) is 42.4 Å². The van der Waals surface area contributed by atoms with Gasteiger partial charge in [0.05, 0.1) is 5.69 Å². The number of aliphatic hydroxyl groups excluding tert-OH is 1. The first kappa shape index (κ1) is 15.6. The molecule has 1 amide bonds. The Morgan fingerprint density at radius 3 is 2.95 bits per heavy atom. The second-order valence-corrected chi connectivity index (χ2v) is 6.09. The van der Waals surface area contributed by atoms with Crippen molar-refractivity contribution in [1.82, 2.24) is 5.32 Å². The van der Waals surface area contributed by atoms with Gasteiger partial charge in [-0.05, 0) is 32.9 Å². The molecule has 1 unspecified atom stereocenters. The maximum atomic E-state index is 11.2. The molecule has 0 fully saturated rings. The van der Waals surface area contributed by atoms with Crippen molar-refractivity contribution >= 4 is 11.6 Å². The van der Waals surface area contributed by atoms with E-state index in [4.69, 9.17) is 9.47 Å². The van der Waals surface area contributed by atoms with Gasteiger partial charge in [-0.25, -0.2) is 0 Å². The monoisotopic (exact) mass is 294 g/mol. The number of rotatable bonds is 5. The van der Waals surface area contributed by atoms with Gasteiger partial charge in [-0.3, -0.25) is 4.79 Å². The lowest BCUT2D eigenvalue weighted by atomic mass is 10.1. The predicted octanol–water partition coefficient (Wildman–Crippen LogP) is 1.15. The molecule has 0 radical (unpaired) electrons. The van der Waals surface area contributed by atoms with E-state index in [1.54, 1.807) is 18.2 Å². The smallest absolute Gasteiger partial charge is 0.262 e. The Morgan fingerprint density at radius 2 is 2.24 bits per heavy atom. The maximum Gasteiger partial charge on any atom is 0.262 e. The van der Waals surface area contributed by atoms with Gasteiger partial charge in [-0.2, -0.15) is 0 Å². The van der Waals surface area contributed by atoms with Gasteiger partial charge in [0.1, 0.15) is 24.2 Å². The van der Waals surface area contributed by atoms with E-state index < -0.39 is 6.10 Å². The zero-order valence-electron chi connectivity index (χ0n) is 12.6. The van der Waals surface area contributed by atoms with Crippen LogP contribution in [0.2, 0.25) is 0 Å². The third-order valence-corrected chi connectivity index (χ3v) is 2.90. The van der Waals surface area contributed by atoms with Crippen molar-refractivity contribution in [1.29, 1.82) is 0 Å². The lowest BCUT2D eigenvalue weighted by molar-refractivity contribution is -0.118. The highest BCUT2D eigenvalue weighted by Gasteiger charge is 2.17. The van der Waals surface area contributed by atoms with Crippen molar-refractivity contribution in [2.75, 3.05) is 25.1 Å². The summed E-state index contributed by atoms with van der Waals surface area (Å²) >= 11 is 0. The van der Waals surface area contributed by atoms with Crippen molar-refractivity contribution in [2.45, 2.75) is 32.4 Å². The summed E-state index contributed by atoms with van der Waals surface area (Å²) < 4.78 is 10.9. The molecule has 0 aliphatic carbocycles. The topological polar surface area (TPSA) is 79.8 Å². The zero-order valence-corrected chi connectivity index (χ0v) is 12.6. The van der Waals surface area contributed by atoms with Crippen LogP contribution in [0.25, 0.3) is 0 Å². The highest BCUT2D eigenvalue weighted by molar-refractivity contribution is 5.95. The van der Waals surface area contributed by atoms with Gasteiger partial charge < -0.3 is 25.2 Å². The molecule has 6 heteroatoms. The number of carbonyl (C=O) groups excluding carboxylic acids is 1. The van der Waals surface area contributed by atoms with Gasteiger partial charge in [0, 0.05) is 18.2 Å². The third-order valence-electron chi connectivity index (χ3n) is 2.90. The van der Waals surface area contributed by atoms with E-state index in [0.717, 1.165) is 0 Å². The fourth-order valence-electron chi connectivity index (χ4n) is 1.82. The summed E-state index contributed by atoms with van der Waals surface area (Å²) in [5, 5.41) is 15.8. The Labute approximate surface area is 124 Å². The average molecular weight is 294 g/mol. The average Bonchev–Trinajstić information content (AvgIpc) is 2.42. The highest BCUT2D eigenvalue weighted by Crippen LogP contribution is 2.31. The van der Waals surface area contributed by atoms with Crippen molar-refractivity contribution in [3.8, 4) is 11.5 Å². The number of fused-ring (bicyclic) bond motifs is 1. The summed E-state index contributed by atoms with van der Waals surface area (Å²) in [5.74, 6) is 1.01. The number of benzene rings is 1. The van der Waals surface area contributed by atoms with E-state index in [1.807, 2.05) is 20.8 Å². The van der Waals surface area contributed by atoms with Gasteiger partial charge in [0.25, 0.3) is 5.91 Å². The predicted molar refractivity (Wildman–Crippen MR) is 79.8 cm³/mol. The molecule has 1 heterocycles. The van der Waals surface area contributed by atoms with Crippen molar-refractivity contribution in [3.05, 3.63) is 18.2 Å². The summed E-state index contributed by atoms with van der Waals surface area (Å²) in [5.41, 5.74) is 0.590. The van der Waals surface area contributed by atoms with E-state index >= 15 is 0 Å². The summed E-state index contributed by atoms with van der Waals surface area (Å²) in [7, 11) is 0. The standard InChI is InChI=1S/C15H22N2O4/c1-15(2,3)16-7-10(18)8-20-11-4-5-12-13(6-11)21-9-14(19)17-12/h4-6,10,16,18H,7-9H2,1-3H3,(H,17,19). The van der Waals surface area contributed by atoms with Crippen LogP contribution in [0.15, 0.2) is 18.2 Å². The van der Waals surface area contributed by atoms with Crippen LogP contribution in [-0.2, 0) is 4.79 Å². The van der Waals surface area contributed by atoms with E-state index in [1.165, 1.54) is 0 Å². The Balaban J connectivity index is 1.85. The minimum Gasteiger partial charge on any atom is -0.491 e. The molecule has 6 nitrogen and oxygen atoms in total. The lowest BCUT2D eigenvalue weighted by Crippen LogP contribution is -2.42. The molecule has 116 valence electrons. The number of carbonyl (C=O) groups is 1. The fraction of sp³-hybridized carbons (Fsp3) is 0.533. The second-order valence-electron chi connectivity index (χ2n) is 6.09. The van der Waals surface area contributed by atoms with Crippen LogP contribution in [0.1, 0.15) is 20.8 Å². The van der Waals surface area contributed by atoms with Gasteiger partial charge >= 0.3 is 0 Å². The molecule has 1 atom stereocenters. The highest BCUT2D eigenvalue weighted by atomic mass is 16.5. The van der Waals surface area contributed by atoms with Crippen LogP contribution in [0.5, 0.6) is 11.5 Å². The molecule has 1 aliphatic heterocycles. The molecule has 1 aromatic carbocycles. The van der Waals surface area contributed by atoms with Crippen molar-refractivity contribution in [3.63, 3.8) is 0 Å². The summed E-state index contributed by atoms with van der Waals surface area (Å²) in [4.78, 5) is 11.2. The molecule has 0 aromatic heterocycles. The normalized spacial score (nSPS) is 15.7. The first-order valence-corrected chi connectivity index (χ1v) is 6.96. The van der Waals surface area contributed by atoms with E-state index in [0.29, 0.717) is 23.7 Å². The number of amides is 1. The second kappa shape index (κ2) is 6.32. The summed E-state index contributed by atoms with van der Waals surface area (Å²) in [6, 6.07) is 5.16. The number of hydrogen-bond acceptors (Lipinski definition) is 5. The lowest BCUT2D eigenvalue weighted by Gasteiger charge is -2.23. The Bertz CT molecular complexity index is 511. The van der Waals surface area contributed by atoms with Crippen LogP contribution < -0.4 is 20.1 Å². The number of aliphatic hydroxyl groups is 1. The number of β-amino-alcohol motifs (C(OH)–C–C–N with tert-alkyl or cyclic N) is 1. The molecule has 1 aromatic rings. The van der Waals surface area contributed by atoms with E-state index in [-0.39, 0.29) is 24.7 Å². The largest absolute Gasteiger partial charge is 0.491 e. The fourth-order valence-corrected chi connectivity index (χ4v) is 1.82. The van der Waals surface area contributed by atoms with Crippen LogP contribution in [0.4, 0.5) is 5.69 Å². The molecule has 2 rings (SSSR count).